The van der Waals surface area contributed by atoms with Crippen molar-refractivity contribution >= 4 is 40.5 Å². The van der Waals surface area contributed by atoms with Gasteiger partial charge in [-0.3, -0.25) is 39.2 Å². The molecule has 4 amide bonds. The molecule has 0 spiro atoms. The number of allylic oxidation sites excluding steroid dienone is 1. The topological polar surface area (TPSA) is 143 Å². The highest BCUT2D eigenvalue weighted by atomic mass is 16.5. The molecule has 0 aromatic heterocycles. The number of nitrogens with zero attached hydrogens (tertiary/aromatic N) is 4. The fourth-order valence-electron chi connectivity index (χ4n) is 8.09. The predicted octanol–water partition coefficient (Wildman–Crippen LogP) is 5.78. The average molecular weight is 806 g/mol. The molecule has 1 unspecified atom stereocenters. The van der Waals surface area contributed by atoms with Crippen molar-refractivity contribution < 1.29 is 45.1 Å². The number of anilines is 1. The van der Waals surface area contributed by atoms with Crippen molar-refractivity contribution in [3.05, 3.63) is 119 Å². The van der Waals surface area contributed by atoms with Crippen molar-refractivity contribution in [2.75, 3.05) is 63.7 Å². The number of carbonyl (C=O) groups is 4. The number of hydrogen-bond acceptors (Lipinski definition) is 10. The molecule has 0 aliphatic carbocycles. The Morgan fingerprint density at radius 2 is 1.36 bits per heavy atom. The molecule has 0 saturated carbocycles. The first-order valence-electron chi connectivity index (χ1n) is 23.9. The van der Waals surface area contributed by atoms with Crippen molar-refractivity contribution in [2.45, 2.75) is 45.1 Å². The summed E-state index contributed by atoms with van der Waals surface area (Å²) in [5.74, 6) is -2.47. The molecule has 3 saturated heterocycles. The molecule has 4 heterocycles. The molecule has 3 fully saturated rings. The molecule has 3 N–H and O–H groups in total. The molecule has 12 nitrogen and oxygen atoms in total. The number of nitrogens with one attached hydrogen (secondary N) is 1. The first-order valence-corrected chi connectivity index (χ1v) is 19.9. The van der Waals surface area contributed by atoms with Gasteiger partial charge in [0.2, 0.25) is 11.8 Å². The lowest BCUT2D eigenvalue weighted by molar-refractivity contribution is -0.136. The van der Waals surface area contributed by atoms with Crippen LogP contribution in [-0.2, 0) is 9.59 Å². The van der Waals surface area contributed by atoms with Gasteiger partial charge >= 0.3 is 0 Å². The van der Waals surface area contributed by atoms with Gasteiger partial charge < -0.3 is 19.8 Å². The maximum Gasteiger partial charge on any atom is 0.262 e. The summed E-state index contributed by atoms with van der Waals surface area (Å²) in [4.78, 5) is 55.0. The van der Waals surface area contributed by atoms with E-state index in [0.717, 1.165) is 46.0 Å². The van der Waals surface area contributed by atoms with E-state index in [0.29, 0.717) is 66.0 Å². The lowest BCUT2D eigenvalue weighted by atomic mass is 9.88. The third-order valence-corrected chi connectivity index (χ3v) is 11.3. The number of piperazine rings is 1. The second-order valence-electron chi connectivity index (χ2n) is 15.0. The van der Waals surface area contributed by atoms with Gasteiger partial charge in [0, 0.05) is 56.7 Å². The Bertz CT molecular complexity index is 2580. The van der Waals surface area contributed by atoms with Gasteiger partial charge in [0.15, 0.2) is 0 Å². The highest BCUT2D eigenvalue weighted by Crippen LogP contribution is 2.36. The lowest BCUT2D eigenvalue weighted by Crippen LogP contribution is -2.54. The van der Waals surface area contributed by atoms with E-state index in [2.05, 4.69) is 17.1 Å². The maximum atomic E-state index is 13.6. The van der Waals surface area contributed by atoms with E-state index >= 15 is 0 Å². The van der Waals surface area contributed by atoms with Gasteiger partial charge in [0.1, 0.15) is 29.9 Å². The minimum absolute atomic E-state index is 0.103. The summed E-state index contributed by atoms with van der Waals surface area (Å²) in [5, 5.41) is 22.0. The maximum absolute atomic E-state index is 13.6. The van der Waals surface area contributed by atoms with Crippen LogP contribution >= 0.6 is 0 Å². The van der Waals surface area contributed by atoms with E-state index in [1.54, 1.807) is 24.3 Å². The lowest BCUT2D eigenvalue weighted by Gasteiger charge is -2.39. The number of benzene rings is 4. The van der Waals surface area contributed by atoms with Gasteiger partial charge in [0.25, 0.3) is 11.8 Å². The summed E-state index contributed by atoms with van der Waals surface area (Å²) in [6, 6.07) is 23.9. The number of ether oxygens (including phenoxy) is 1. The van der Waals surface area contributed by atoms with Crippen LogP contribution in [0, 0.1) is 5.92 Å². The summed E-state index contributed by atoms with van der Waals surface area (Å²) in [7, 11) is 0. The number of hydrogen-bond donors (Lipinski definition) is 3. The Balaban J connectivity index is 0.904. The van der Waals surface area contributed by atoms with Crippen molar-refractivity contribution in [3.63, 3.8) is 0 Å². The van der Waals surface area contributed by atoms with Crippen LogP contribution in [0.2, 0.25) is 0 Å². The number of piperidine rings is 2. The summed E-state index contributed by atoms with van der Waals surface area (Å²) in [5.41, 5.74) is 4.04. The Hall–Kier alpha value is -5.98. The fourth-order valence-corrected chi connectivity index (χ4v) is 8.09. The van der Waals surface area contributed by atoms with E-state index in [1.807, 2.05) is 48.5 Å². The Morgan fingerprint density at radius 1 is 0.746 bits per heavy atom. The van der Waals surface area contributed by atoms with Crippen LogP contribution < -0.4 is 15.0 Å². The zero-order valence-electron chi connectivity index (χ0n) is 40.6. The van der Waals surface area contributed by atoms with Gasteiger partial charge in [-0.2, -0.15) is 0 Å². The zero-order valence-corrected chi connectivity index (χ0v) is 32.6. The minimum Gasteiger partial charge on any atom is -0.508 e. The molecule has 8 rings (SSSR count). The highest BCUT2D eigenvalue weighted by molar-refractivity contribution is 6.23. The number of phenols is 2. The standard InChI is InChI=1S/C47H51N5O7/c1-2-39(32-3-10-36(53)11-4-32)44(33-5-12-37(54)13-6-33)34-7-14-38(15-8-34)59-28-27-49-21-19-31(20-22-49)30-50-23-25-51(26-24-50)35-9-16-40-41(29-35)47(58)52(46(40)57)42-17-18-43(55)48-45(42)56/h3-16,29,31,42,53-54H,2,17-28,30H2,1H3,(H,48,55,56)/i23D2,24D2,25D2,26D2. The molecular formula is C47H51N5O7. The number of rotatable bonds is 12. The number of carbonyl (C=O) groups excluding carboxylic acids is 4. The summed E-state index contributed by atoms with van der Waals surface area (Å²) in [6.07, 6.45) is 1.51. The van der Waals surface area contributed by atoms with Crippen LogP contribution in [0.25, 0.3) is 11.1 Å². The molecule has 59 heavy (non-hydrogen) atoms. The van der Waals surface area contributed by atoms with Gasteiger partial charge in [-0.15, -0.1) is 0 Å². The van der Waals surface area contributed by atoms with Gasteiger partial charge in [-0.05, 0) is 127 Å². The Kier molecular flexibility index (Phi) is 9.19. The molecule has 306 valence electrons. The average Bonchev–Trinajstić information content (AvgIpc) is 3.53. The van der Waals surface area contributed by atoms with Crippen LogP contribution in [0.4, 0.5) is 5.69 Å². The SMILES string of the molecule is [2H]C1([2H])N(CC2CCN(CCOc3ccc(C(=C(CC)c4ccc(O)cc4)c4ccc(O)cc4)cc3)CC2)C([2H])([2H])C([2H])([2H])N(c2ccc3c(c2)C(=O)N(C2CCC(=O)NC2=O)C3=O)C1([2H])[2H]. The monoisotopic (exact) mass is 805 g/mol. The number of aromatic hydroxyl groups is 2. The second-order valence-corrected chi connectivity index (χ2v) is 15.0. The molecule has 4 aromatic carbocycles. The molecule has 0 bridgehead atoms. The molecule has 0 radical (unpaired) electrons. The Labute approximate surface area is 355 Å². The van der Waals surface area contributed by atoms with E-state index < -0.39 is 55.7 Å². The van der Waals surface area contributed by atoms with Crippen LogP contribution in [0.15, 0.2) is 91.0 Å². The van der Waals surface area contributed by atoms with Crippen molar-refractivity contribution in [1.82, 2.24) is 20.0 Å². The first-order chi connectivity index (χ1) is 31.7. The predicted molar refractivity (Wildman–Crippen MR) is 225 cm³/mol. The summed E-state index contributed by atoms with van der Waals surface area (Å²) >= 11 is 0. The fraction of sp³-hybridized carbons (Fsp3) is 0.362. The third-order valence-electron chi connectivity index (χ3n) is 11.3. The van der Waals surface area contributed by atoms with E-state index in [-0.39, 0.29) is 53.6 Å². The second kappa shape index (κ2) is 17.5. The molecular weight excluding hydrogens is 747 g/mol. The number of fused-ring (bicyclic) bond motifs is 1. The summed E-state index contributed by atoms with van der Waals surface area (Å²) in [6.45, 7) is -8.79. The first kappa shape index (κ1) is 31.0. The number of imide groups is 2. The number of phenolic OH excluding ortho intramolecular Hbond substituents is 2. The number of amides is 4. The Morgan fingerprint density at radius 3 is 1.98 bits per heavy atom. The van der Waals surface area contributed by atoms with Crippen LogP contribution in [0.1, 0.15) is 87.4 Å². The molecule has 4 aliphatic rings. The third kappa shape index (κ3) is 8.74. The van der Waals surface area contributed by atoms with Crippen molar-refractivity contribution in [3.8, 4) is 17.2 Å². The molecule has 4 aliphatic heterocycles. The minimum atomic E-state index is -3.21. The number of likely N-dealkylation sites (tertiary alicyclic amines) is 1. The quantitative estimate of drug-likeness (QED) is 0.119. The van der Waals surface area contributed by atoms with E-state index in [9.17, 15) is 29.4 Å². The van der Waals surface area contributed by atoms with Crippen molar-refractivity contribution in [2.24, 2.45) is 5.92 Å². The van der Waals surface area contributed by atoms with Crippen molar-refractivity contribution in [1.29, 1.82) is 0 Å². The highest BCUT2D eigenvalue weighted by Gasteiger charge is 2.45. The van der Waals surface area contributed by atoms with Gasteiger partial charge in [0.05, 0.1) is 16.6 Å². The molecule has 4 aromatic rings. The van der Waals surface area contributed by atoms with Crippen LogP contribution in [0.5, 0.6) is 17.2 Å². The summed E-state index contributed by atoms with van der Waals surface area (Å²) < 4.78 is 78.5. The normalized spacial score (nSPS) is 25.2. The van der Waals surface area contributed by atoms with E-state index in [1.165, 1.54) is 0 Å². The largest absolute Gasteiger partial charge is 0.508 e. The van der Waals surface area contributed by atoms with Crippen LogP contribution in [0.3, 0.4) is 0 Å². The van der Waals surface area contributed by atoms with Gasteiger partial charge in [-0.1, -0.05) is 43.3 Å². The smallest absolute Gasteiger partial charge is 0.262 e. The zero-order chi connectivity index (χ0) is 48.2. The molecule has 1 atom stereocenters. The van der Waals surface area contributed by atoms with E-state index in [4.69, 9.17) is 15.7 Å². The van der Waals surface area contributed by atoms with Gasteiger partial charge in [-0.25, -0.2) is 0 Å². The van der Waals surface area contributed by atoms with Crippen LogP contribution in [-0.4, -0.2) is 113 Å². The molecule has 12 heteroatoms.